The molecule has 7 aromatic carbocycles. The molecule has 11 rings (SSSR count). The zero-order valence-corrected chi connectivity index (χ0v) is 30.5. The van der Waals surface area contributed by atoms with E-state index in [-0.39, 0.29) is 0 Å². The molecule has 0 bridgehead atoms. The van der Waals surface area contributed by atoms with Gasteiger partial charge in [-0.05, 0) is 77.1 Å². The van der Waals surface area contributed by atoms with E-state index >= 15 is 0 Å². The molecule has 1 aliphatic carbocycles. The quantitative estimate of drug-likeness (QED) is 0.172. The van der Waals surface area contributed by atoms with Gasteiger partial charge in [0.05, 0.1) is 22.1 Å². The van der Waals surface area contributed by atoms with Gasteiger partial charge in [-0.1, -0.05) is 152 Å². The van der Waals surface area contributed by atoms with E-state index < -0.39 is 0 Å². The van der Waals surface area contributed by atoms with Crippen molar-refractivity contribution < 1.29 is 0 Å². The fourth-order valence-corrected chi connectivity index (χ4v) is 8.49. The molecule has 0 radical (unpaired) electrons. The molecular weight excluding hydrogens is 683 g/mol. The molecule has 264 valence electrons. The number of hydrogen-bond acceptors (Lipinski definition) is 3. The van der Waals surface area contributed by atoms with E-state index in [0.717, 1.165) is 57.2 Å². The number of nitrogens with zero attached hydrogens (tertiary/aromatic N) is 5. The summed E-state index contributed by atoms with van der Waals surface area (Å²) in [5.74, 6) is 1.96. The summed E-state index contributed by atoms with van der Waals surface area (Å²) in [5, 5.41) is 4.78. The van der Waals surface area contributed by atoms with E-state index in [1.54, 1.807) is 0 Å². The first-order valence-corrected chi connectivity index (χ1v) is 19.2. The van der Waals surface area contributed by atoms with Gasteiger partial charge >= 0.3 is 0 Å². The first-order valence-electron chi connectivity index (χ1n) is 19.2. The van der Waals surface area contributed by atoms with Crippen LogP contribution >= 0.6 is 0 Å². The van der Waals surface area contributed by atoms with E-state index in [1.165, 1.54) is 38.4 Å². The minimum atomic E-state index is 0.605. The summed E-state index contributed by atoms with van der Waals surface area (Å²) in [5.41, 5.74) is 12.5. The standard InChI is InChI=1S/C51H35N5/c1-4-14-34(15-5-1)36-24-28-38(29-25-36)49-52-50(39-30-26-37(27-31-39)35-16-6-2-7-17-35)54-51(53-49)56-44-23-13-11-21-42(44)48-46(56)33-32-45-47(48)41-20-10-12-22-43(41)55(45)40-18-8-3-9-19-40/h1-26,28-30,32-33H,27,31H2. The second kappa shape index (κ2) is 13.2. The Labute approximate surface area is 324 Å². The van der Waals surface area contributed by atoms with Gasteiger partial charge in [-0.25, -0.2) is 4.98 Å². The highest BCUT2D eigenvalue weighted by atomic mass is 15.2. The molecule has 3 heterocycles. The van der Waals surface area contributed by atoms with Gasteiger partial charge in [0, 0.05) is 32.8 Å². The third-order valence-electron chi connectivity index (χ3n) is 11.1. The highest BCUT2D eigenvalue weighted by molar-refractivity contribution is 6.28. The van der Waals surface area contributed by atoms with Gasteiger partial charge in [0.25, 0.3) is 0 Å². The summed E-state index contributed by atoms with van der Waals surface area (Å²) < 4.78 is 4.61. The van der Waals surface area contributed by atoms with Crippen LogP contribution in [-0.4, -0.2) is 24.1 Å². The average molecular weight is 718 g/mol. The van der Waals surface area contributed by atoms with Gasteiger partial charge in [-0.15, -0.1) is 0 Å². The number of fused-ring (bicyclic) bond motifs is 7. The highest BCUT2D eigenvalue weighted by Gasteiger charge is 2.23. The Morgan fingerprint density at radius 2 is 0.821 bits per heavy atom. The summed E-state index contributed by atoms with van der Waals surface area (Å²) in [7, 11) is 0. The van der Waals surface area contributed by atoms with Crippen LogP contribution in [0.5, 0.6) is 0 Å². The molecule has 10 aromatic rings. The molecule has 0 saturated carbocycles. The minimum Gasteiger partial charge on any atom is -0.309 e. The van der Waals surface area contributed by atoms with E-state index in [0.29, 0.717) is 17.6 Å². The molecule has 5 nitrogen and oxygen atoms in total. The third-order valence-corrected chi connectivity index (χ3v) is 11.1. The van der Waals surface area contributed by atoms with Crippen LogP contribution in [0.1, 0.15) is 24.2 Å². The predicted molar refractivity (Wildman–Crippen MR) is 231 cm³/mol. The molecule has 5 heteroatoms. The van der Waals surface area contributed by atoms with Crippen molar-refractivity contribution in [1.29, 1.82) is 0 Å². The van der Waals surface area contributed by atoms with Crippen molar-refractivity contribution in [2.75, 3.05) is 0 Å². The summed E-state index contributed by atoms with van der Waals surface area (Å²) in [6, 6.07) is 62.1. The summed E-state index contributed by atoms with van der Waals surface area (Å²) in [6.45, 7) is 0. The predicted octanol–water partition coefficient (Wildman–Crippen LogP) is 12.7. The maximum atomic E-state index is 5.32. The van der Waals surface area contributed by atoms with Crippen molar-refractivity contribution in [1.82, 2.24) is 24.1 Å². The smallest absolute Gasteiger partial charge is 0.238 e. The van der Waals surface area contributed by atoms with Crippen molar-refractivity contribution in [3.63, 3.8) is 0 Å². The van der Waals surface area contributed by atoms with Crippen LogP contribution in [0.3, 0.4) is 0 Å². The number of para-hydroxylation sites is 3. The summed E-state index contributed by atoms with van der Waals surface area (Å²) in [6.07, 6.45) is 6.17. The molecule has 3 aromatic heterocycles. The van der Waals surface area contributed by atoms with Crippen LogP contribution in [0, 0.1) is 0 Å². The maximum absolute atomic E-state index is 5.32. The number of allylic oxidation sites excluding steroid dienone is 4. The van der Waals surface area contributed by atoms with Gasteiger partial charge in [0.15, 0.2) is 11.6 Å². The Balaban J connectivity index is 1.15. The molecule has 0 unspecified atom stereocenters. The van der Waals surface area contributed by atoms with Gasteiger partial charge in [0.1, 0.15) is 0 Å². The largest absolute Gasteiger partial charge is 0.309 e. The van der Waals surface area contributed by atoms with Gasteiger partial charge in [0.2, 0.25) is 5.95 Å². The molecule has 0 atom stereocenters. The zero-order valence-electron chi connectivity index (χ0n) is 30.5. The van der Waals surface area contributed by atoms with Gasteiger partial charge < -0.3 is 4.57 Å². The maximum Gasteiger partial charge on any atom is 0.238 e. The normalized spacial score (nSPS) is 13.1. The van der Waals surface area contributed by atoms with Gasteiger partial charge in [-0.2, -0.15) is 9.97 Å². The number of benzene rings is 7. The van der Waals surface area contributed by atoms with Gasteiger partial charge in [-0.3, -0.25) is 4.57 Å². The Morgan fingerprint density at radius 3 is 1.46 bits per heavy atom. The van der Waals surface area contributed by atoms with Crippen LogP contribution in [0.15, 0.2) is 188 Å². The Bertz CT molecular complexity index is 3150. The van der Waals surface area contributed by atoms with Crippen molar-refractivity contribution in [3.8, 4) is 34.2 Å². The van der Waals surface area contributed by atoms with E-state index in [4.69, 9.17) is 15.0 Å². The Hall–Kier alpha value is -7.37. The second-order valence-corrected chi connectivity index (χ2v) is 14.4. The monoisotopic (exact) mass is 717 g/mol. The van der Waals surface area contributed by atoms with E-state index in [2.05, 4.69) is 191 Å². The fraction of sp³-hybridized carbons (Fsp3) is 0.0392. The van der Waals surface area contributed by atoms with Crippen LogP contribution < -0.4 is 0 Å². The van der Waals surface area contributed by atoms with Crippen LogP contribution in [0.4, 0.5) is 0 Å². The molecule has 0 N–H and O–H groups in total. The molecule has 0 amide bonds. The van der Waals surface area contributed by atoms with E-state index in [1.807, 2.05) is 6.07 Å². The zero-order chi connectivity index (χ0) is 37.0. The molecule has 0 saturated heterocycles. The lowest BCUT2D eigenvalue weighted by atomic mass is 9.93. The SMILES string of the molecule is C1=C(c2ccccc2)CCC(c2nc(-c3ccc(-c4ccccc4)cc3)nc(-n3c4ccccc4c4c5c6ccccc6n(-c6ccccc6)c5ccc43)n2)=C1. The number of rotatable bonds is 6. The lowest BCUT2D eigenvalue weighted by Crippen LogP contribution is -2.09. The highest BCUT2D eigenvalue weighted by Crippen LogP contribution is 2.42. The van der Waals surface area contributed by atoms with Crippen molar-refractivity contribution in [3.05, 3.63) is 199 Å². The minimum absolute atomic E-state index is 0.605. The average Bonchev–Trinajstić information content (AvgIpc) is 3.80. The van der Waals surface area contributed by atoms with Crippen LogP contribution in [0.2, 0.25) is 0 Å². The van der Waals surface area contributed by atoms with Crippen LogP contribution in [0.25, 0.3) is 88.9 Å². The lowest BCUT2D eigenvalue weighted by molar-refractivity contribution is 0.915. The summed E-state index contributed by atoms with van der Waals surface area (Å²) >= 11 is 0. The summed E-state index contributed by atoms with van der Waals surface area (Å²) in [4.78, 5) is 15.8. The number of aromatic nitrogens is 5. The first-order chi connectivity index (χ1) is 27.8. The van der Waals surface area contributed by atoms with Crippen LogP contribution in [-0.2, 0) is 0 Å². The second-order valence-electron chi connectivity index (χ2n) is 14.4. The fourth-order valence-electron chi connectivity index (χ4n) is 8.49. The Kier molecular flexibility index (Phi) is 7.56. The molecule has 0 fully saturated rings. The van der Waals surface area contributed by atoms with Crippen molar-refractivity contribution >= 4 is 54.8 Å². The number of hydrogen-bond donors (Lipinski definition) is 0. The molecule has 0 spiro atoms. The molecular formula is C51H35N5. The molecule has 0 aliphatic heterocycles. The Morgan fingerprint density at radius 1 is 0.339 bits per heavy atom. The topological polar surface area (TPSA) is 48.5 Å². The third kappa shape index (κ3) is 5.28. The lowest BCUT2D eigenvalue weighted by Gasteiger charge is -2.16. The van der Waals surface area contributed by atoms with E-state index in [9.17, 15) is 0 Å². The first kappa shape index (κ1) is 32.1. The molecule has 1 aliphatic rings. The van der Waals surface area contributed by atoms with Crippen molar-refractivity contribution in [2.24, 2.45) is 0 Å². The molecule has 56 heavy (non-hydrogen) atoms. The van der Waals surface area contributed by atoms with Crippen molar-refractivity contribution in [2.45, 2.75) is 12.8 Å².